The minimum Gasteiger partial charge on any atom is -0.300 e. The van der Waals surface area contributed by atoms with Crippen LogP contribution in [0.15, 0.2) is 48.5 Å². The van der Waals surface area contributed by atoms with Crippen molar-refractivity contribution in [3.05, 3.63) is 65.2 Å². The third kappa shape index (κ3) is 3.81. The number of carbonyl (C=O) groups is 1. The van der Waals surface area contributed by atoms with Crippen LogP contribution in [0.1, 0.15) is 16.7 Å². The molecule has 1 aromatic heterocycles. The van der Waals surface area contributed by atoms with E-state index in [1.165, 1.54) is 22.5 Å². The van der Waals surface area contributed by atoms with Crippen LogP contribution >= 0.6 is 11.3 Å². The number of hydrogen-bond donors (Lipinski definition) is 1. The highest BCUT2D eigenvalue weighted by molar-refractivity contribution is 7.18. The van der Waals surface area contributed by atoms with E-state index in [0.717, 1.165) is 16.1 Å². The maximum Gasteiger partial charge on any atom is 0.230 e. The first-order valence-corrected chi connectivity index (χ1v) is 8.18. The first kappa shape index (κ1) is 15.4. The zero-order valence-corrected chi connectivity index (χ0v) is 13.9. The van der Waals surface area contributed by atoms with Crippen LogP contribution in [0.25, 0.3) is 10.6 Å². The highest BCUT2D eigenvalue weighted by Crippen LogP contribution is 2.26. The van der Waals surface area contributed by atoms with Gasteiger partial charge in [0.15, 0.2) is 0 Å². The molecular weight excluding hydrogens is 306 g/mol. The number of nitrogens with one attached hydrogen (secondary N) is 1. The Morgan fingerprint density at radius 2 is 1.83 bits per heavy atom. The van der Waals surface area contributed by atoms with Gasteiger partial charge < -0.3 is 5.32 Å². The lowest BCUT2D eigenvalue weighted by Crippen LogP contribution is -2.14. The maximum atomic E-state index is 12.2. The van der Waals surface area contributed by atoms with E-state index < -0.39 is 0 Å². The van der Waals surface area contributed by atoms with Gasteiger partial charge in [0.05, 0.1) is 6.42 Å². The first-order valence-electron chi connectivity index (χ1n) is 7.37. The lowest BCUT2D eigenvalue weighted by molar-refractivity contribution is -0.115. The Bertz CT molecular complexity index is 827. The Hall–Kier alpha value is -2.53. The van der Waals surface area contributed by atoms with Crippen LogP contribution in [-0.4, -0.2) is 16.1 Å². The lowest BCUT2D eigenvalue weighted by Gasteiger charge is -2.05. The summed E-state index contributed by atoms with van der Waals surface area (Å²) in [5, 5.41) is 12.3. The third-order valence-corrected chi connectivity index (χ3v) is 4.52. The molecule has 0 aliphatic carbocycles. The van der Waals surface area contributed by atoms with Crippen molar-refractivity contribution in [3.8, 4) is 10.6 Å². The second-order valence-electron chi connectivity index (χ2n) is 5.42. The Balaban J connectivity index is 1.66. The van der Waals surface area contributed by atoms with Crippen molar-refractivity contribution in [1.82, 2.24) is 10.2 Å². The normalized spacial score (nSPS) is 10.5. The van der Waals surface area contributed by atoms with Crippen LogP contribution in [0, 0.1) is 13.8 Å². The predicted molar refractivity (Wildman–Crippen MR) is 93.6 cm³/mol. The molecule has 0 spiro atoms. The van der Waals surface area contributed by atoms with E-state index in [1.807, 2.05) is 55.5 Å². The zero-order valence-electron chi connectivity index (χ0n) is 13.0. The van der Waals surface area contributed by atoms with Gasteiger partial charge in [-0.25, -0.2) is 0 Å². The number of rotatable bonds is 4. The molecule has 3 aromatic rings. The molecule has 116 valence electrons. The molecule has 0 radical (unpaired) electrons. The smallest absolute Gasteiger partial charge is 0.230 e. The average Bonchev–Trinajstić information content (AvgIpc) is 3.00. The van der Waals surface area contributed by atoms with Crippen molar-refractivity contribution in [2.45, 2.75) is 20.3 Å². The van der Waals surface area contributed by atoms with E-state index in [4.69, 9.17) is 0 Å². The van der Waals surface area contributed by atoms with Gasteiger partial charge in [-0.05, 0) is 30.5 Å². The van der Waals surface area contributed by atoms with Crippen molar-refractivity contribution in [2.75, 3.05) is 5.32 Å². The van der Waals surface area contributed by atoms with Gasteiger partial charge in [-0.1, -0.05) is 59.9 Å². The number of aromatic nitrogens is 2. The molecule has 0 bridgehead atoms. The summed E-state index contributed by atoms with van der Waals surface area (Å²) in [6, 6.07) is 15.9. The molecule has 0 saturated carbocycles. The number of aryl methyl sites for hydroxylation is 2. The molecule has 3 rings (SSSR count). The van der Waals surface area contributed by atoms with Crippen molar-refractivity contribution in [2.24, 2.45) is 0 Å². The van der Waals surface area contributed by atoms with E-state index >= 15 is 0 Å². The number of benzene rings is 2. The van der Waals surface area contributed by atoms with Crippen LogP contribution < -0.4 is 5.32 Å². The summed E-state index contributed by atoms with van der Waals surface area (Å²) in [6.07, 6.45) is 0.335. The lowest BCUT2D eigenvalue weighted by atomic mass is 10.0. The summed E-state index contributed by atoms with van der Waals surface area (Å²) in [6.45, 7) is 4.11. The Morgan fingerprint density at radius 3 is 2.57 bits per heavy atom. The Kier molecular flexibility index (Phi) is 4.48. The molecule has 0 aliphatic heterocycles. The van der Waals surface area contributed by atoms with E-state index in [9.17, 15) is 4.79 Å². The molecule has 0 aliphatic rings. The van der Waals surface area contributed by atoms with Gasteiger partial charge in [0.2, 0.25) is 11.0 Å². The average molecular weight is 323 g/mol. The fourth-order valence-electron chi connectivity index (χ4n) is 2.23. The molecule has 4 nitrogen and oxygen atoms in total. The van der Waals surface area contributed by atoms with Crippen molar-refractivity contribution < 1.29 is 4.79 Å². The topological polar surface area (TPSA) is 54.9 Å². The van der Waals surface area contributed by atoms with Crippen LogP contribution in [0.3, 0.4) is 0 Å². The standard InChI is InChI=1S/C18H17N3OS/c1-12-8-9-14(10-13(12)2)11-16(22)19-18-21-20-17(23-18)15-6-4-3-5-7-15/h3-10H,11H2,1-2H3,(H,19,21,22). The minimum atomic E-state index is -0.0796. The molecule has 1 N–H and O–H groups in total. The number of anilines is 1. The molecule has 0 atom stereocenters. The molecule has 23 heavy (non-hydrogen) atoms. The number of carbonyl (C=O) groups excluding carboxylic acids is 1. The van der Waals surface area contributed by atoms with Crippen LogP contribution in [0.2, 0.25) is 0 Å². The maximum absolute atomic E-state index is 12.2. The molecule has 1 amide bonds. The van der Waals surface area contributed by atoms with Gasteiger partial charge in [0.1, 0.15) is 5.01 Å². The van der Waals surface area contributed by atoms with Gasteiger partial charge in [-0.2, -0.15) is 0 Å². The van der Waals surface area contributed by atoms with Gasteiger partial charge in [-0.3, -0.25) is 4.79 Å². The molecule has 0 saturated heterocycles. The van der Waals surface area contributed by atoms with Crippen molar-refractivity contribution in [3.63, 3.8) is 0 Å². The highest BCUT2D eigenvalue weighted by atomic mass is 32.1. The summed E-state index contributed by atoms with van der Waals surface area (Å²) < 4.78 is 0. The summed E-state index contributed by atoms with van der Waals surface area (Å²) in [7, 11) is 0. The summed E-state index contributed by atoms with van der Waals surface area (Å²) in [4.78, 5) is 12.2. The largest absolute Gasteiger partial charge is 0.300 e. The van der Waals surface area contributed by atoms with Crippen LogP contribution in [-0.2, 0) is 11.2 Å². The van der Waals surface area contributed by atoms with E-state index in [1.54, 1.807) is 0 Å². The zero-order chi connectivity index (χ0) is 16.2. The number of hydrogen-bond acceptors (Lipinski definition) is 4. The Labute approximate surface area is 139 Å². The van der Waals surface area contributed by atoms with Gasteiger partial charge in [0.25, 0.3) is 0 Å². The molecule has 5 heteroatoms. The van der Waals surface area contributed by atoms with Crippen molar-refractivity contribution in [1.29, 1.82) is 0 Å². The molecule has 1 heterocycles. The fourth-order valence-corrected chi connectivity index (χ4v) is 3.00. The first-order chi connectivity index (χ1) is 11.1. The Morgan fingerprint density at radius 1 is 1.04 bits per heavy atom. The summed E-state index contributed by atoms with van der Waals surface area (Å²) in [5.41, 5.74) is 4.42. The quantitative estimate of drug-likeness (QED) is 0.789. The van der Waals surface area contributed by atoms with E-state index in [2.05, 4.69) is 22.4 Å². The monoisotopic (exact) mass is 323 g/mol. The molecule has 0 fully saturated rings. The van der Waals surface area contributed by atoms with Gasteiger partial charge in [0, 0.05) is 5.56 Å². The SMILES string of the molecule is Cc1ccc(CC(=O)Nc2nnc(-c3ccccc3)s2)cc1C. The van der Waals surface area contributed by atoms with E-state index in [0.29, 0.717) is 11.6 Å². The van der Waals surface area contributed by atoms with Crippen LogP contribution in [0.5, 0.6) is 0 Å². The second-order valence-corrected chi connectivity index (χ2v) is 6.40. The molecule has 2 aromatic carbocycles. The summed E-state index contributed by atoms with van der Waals surface area (Å²) >= 11 is 1.38. The van der Waals surface area contributed by atoms with Gasteiger partial charge >= 0.3 is 0 Å². The van der Waals surface area contributed by atoms with Crippen LogP contribution in [0.4, 0.5) is 5.13 Å². The number of nitrogens with zero attached hydrogens (tertiary/aromatic N) is 2. The molecular formula is C18H17N3OS. The highest BCUT2D eigenvalue weighted by Gasteiger charge is 2.10. The predicted octanol–water partition coefficient (Wildman–Crippen LogP) is 4.00. The van der Waals surface area contributed by atoms with Gasteiger partial charge in [-0.15, -0.1) is 10.2 Å². The third-order valence-electron chi connectivity index (χ3n) is 3.63. The summed E-state index contributed by atoms with van der Waals surface area (Å²) in [5.74, 6) is -0.0796. The minimum absolute atomic E-state index is 0.0796. The second kappa shape index (κ2) is 6.71. The molecule has 0 unspecified atom stereocenters. The van der Waals surface area contributed by atoms with Crippen molar-refractivity contribution >= 4 is 22.4 Å². The number of amides is 1. The fraction of sp³-hybridized carbons (Fsp3) is 0.167. The van der Waals surface area contributed by atoms with E-state index in [-0.39, 0.29) is 5.91 Å².